The zero-order chi connectivity index (χ0) is 49.6. The van der Waals surface area contributed by atoms with E-state index in [0.717, 1.165) is 56.7 Å². The number of nitrogens with zero attached hydrogens (tertiary/aromatic N) is 7. The molecule has 0 bridgehead atoms. The second-order valence-electron chi connectivity index (χ2n) is 19.0. The number of benzene rings is 3. The van der Waals surface area contributed by atoms with Crippen molar-refractivity contribution in [3.05, 3.63) is 87.4 Å². The van der Waals surface area contributed by atoms with Crippen LogP contribution in [0.4, 0.5) is 47.7 Å². The van der Waals surface area contributed by atoms with E-state index in [1.807, 2.05) is 9.80 Å². The molecule has 6 heterocycles. The number of carbonyl (C=O) groups excluding carboxylic acids is 3. The molecular weight excluding hydrogens is 988 g/mol. The summed E-state index contributed by atoms with van der Waals surface area (Å²) in [6, 6.07) is 11.8. The van der Waals surface area contributed by atoms with Gasteiger partial charge in [0.15, 0.2) is 5.82 Å². The smallest absolute Gasteiger partial charge is 0.234 e. The average Bonchev–Trinajstić information content (AvgIpc) is 3.83. The second-order valence-corrected chi connectivity index (χ2v) is 23.0. The van der Waals surface area contributed by atoms with Gasteiger partial charge in [-0.2, -0.15) is 4.98 Å². The Balaban J connectivity index is 0.802. The van der Waals surface area contributed by atoms with Crippen LogP contribution in [0.25, 0.3) is 10.9 Å². The lowest BCUT2D eigenvalue weighted by Crippen LogP contribution is -2.55. The van der Waals surface area contributed by atoms with Gasteiger partial charge in [0, 0.05) is 116 Å². The Hall–Kier alpha value is -5.78. The summed E-state index contributed by atoms with van der Waals surface area (Å²) in [5.41, 5.74) is 4.05. The Morgan fingerprint density at radius 2 is 1.60 bits per heavy atom. The minimum Gasteiger partial charge on any atom is -0.494 e. The van der Waals surface area contributed by atoms with Gasteiger partial charge in [-0.1, -0.05) is 13.0 Å². The summed E-state index contributed by atoms with van der Waals surface area (Å²) >= 11 is 3.53. The number of pyridine rings is 1. The van der Waals surface area contributed by atoms with Crippen LogP contribution in [-0.2, 0) is 25.4 Å². The predicted molar refractivity (Wildman–Crippen MR) is 269 cm³/mol. The first-order chi connectivity index (χ1) is 33.5. The minimum atomic E-state index is -2.94. The maximum Gasteiger partial charge on any atom is 0.234 e. The van der Waals surface area contributed by atoms with Crippen molar-refractivity contribution in [3.63, 3.8) is 0 Å². The van der Waals surface area contributed by atoms with Crippen LogP contribution < -0.4 is 35.8 Å². The van der Waals surface area contributed by atoms with E-state index in [0.29, 0.717) is 88.1 Å². The molecule has 0 radical (unpaired) electrons. The van der Waals surface area contributed by atoms with Gasteiger partial charge in [-0.3, -0.25) is 29.6 Å². The van der Waals surface area contributed by atoms with Gasteiger partial charge in [-0.15, -0.1) is 0 Å². The number of ether oxygens (including phenoxy) is 1. The summed E-state index contributed by atoms with van der Waals surface area (Å²) in [5, 5.41) is 9.67. The first-order valence-corrected chi connectivity index (χ1v) is 27.2. The van der Waals surface area contributed by atoms with Gasteiger partial charge >= 0.3 is 0 Å². The predicted octanol–water partition coefficient (Wildman–Crippen LogP) is 7.98. The SMILES string of the molecule is CCc1cc(Nc2ncc(Br)c(Nc3cc(F)c4nc(C)ccc4c3P(C)(C)=O)n2)c(OC)cc1N1CCC(N2CCN(C(=O)C3CCN(c4cc(F)c(C5CCC(=O)NC5=O)c(F)c4)C3)CC2)CC1. The van der Waals surface area contributed by atoms with Crippen molar-refractivity contribution < 1.29 is 36.9 Å². The molecule has 5 aromatic rings. The van der Waals surface area contributed by atoms with Gasteiger partial charge in [-0.05, 0) is 98.1 Å². The highest BCUT2D eigenvalue weighted by Gasteiger charge is 2.37. The number of amides is 3. The number of hydrogen-bond donors (Lipinski definition) is 3. The largest absolute Gasteiger partial charge is 0.494 e. The third-order valence-electron chi connectivity index (χ3n) is 14.1. The normalized spacial score (nSPS) is 19.5. The molecule has 370 valence electrons. The van der Waals surface area contributed by atoms with Crippen LogP contribution in [0.2, 0.25) is 0 Å². The van der Waals surface area contributed by atoms with Crippen LogP contribution in [0, 0.1) is 30.3 Å². The van der Waals surface area contributed by atoms with Crippen LogP contribution in [0.1, 0.15) is 61.8 Å². The number of piperazine rings is 1. The Morgan fingerprint density at radius 1 is 0.886 bits per heavy atom. The van der Waals surface area contributed by atoms with Crippen LogP contribution in [0.15, 0.2) is 53.1 Å². The molecule has 4 fully saturated rings. The summed E-state index contributed by atoms with van der Waals surface area (Å²) in [6.07, 6.45) is 4.92. The van der Waals surface area contributed by atoms with Crippen LogP contribution in [0.3, 0.4) is 0 Å². The highest BCUT2D eigenvalue weighted by molar-refractivity contribution is 9.10. The number of piperidine rings is 2. The van der Waals surface area contributed by atoms with Crippen molar-refractivity contribution >= 4 is 91.5 Å². The van der Waals surface area contributed by atoms with Gasteiger partial charge in [0.2, 0.25) is 23.7 Å². The molecule has 70 heavy (non-hydrogen) atoms. The number of nitrogens with one attached hydrogen (secondary N) is 3. The summed E-state index contributed by atoms with van der Waals surface area (Å²) in [4.78, 5) is 60.0. The Morgan fingerprint density at radius 3 is 2.27 bits per heavy atom. The Bertz CT molecular complexity index is 2900. The average molecular weight is 1050 g/mol. The fraction of sp³-hybridized carbons (Fsp3) is 0.440. The Kier molecular flexibility index (Phi) is 14.2. The highest BCUT2D eigenvalue weighted by atomic mass is 79.9. The van der Waals surface area contributed by atoms with E-state index in [4.69, 9.17) is 9.72 Å². The van der Waals surface area contributed by atoms with E-state index >= 15 is 13.2 Å². The van der Waals surface area contributed by atoms with Crippen LogP contribution in [0.5, 0.6) is 5.75 Å². The molecule has 2 unspecified atom stereocenters. The lowest BCUT2D eigenvalue weighted by atomic mass is 9.89. The van der Waals surface area contributed by atoms with E-state index in [2.05, 4.69) is 70.7 Å². The van der Waals surface area contributed by atoms with Crippen LogP contribution >= 0.6 is 23.1 Å². The quantitative estimate of drug-likeness (QED) is 0.0815. The number of halogens is 4. The molecule has 4 aliphatic rings. The molecule has 2 atom stereocenters. The van der Waals surface area contributed by atoms with E-state index < -0.39 is 42.3 Å². The van der Waals surface area contributed by atoms with Gasteiger partial charge < -0.3 is 34.6 Å². The molecule has 20 heteroatoms. The molecule has 2 aromatic heterocycles. The van der Waals surface area contributed by atoms with E-state index in [-0.39, 0.29) is 41.7 Å². The third kappa shape index (κ3) is 10.1. The summed E-state index contributed by atoms with van der Waals surface area (Å²) in [5.74, 6) is -3.41. The van der Waals surface area contributed by atoms with Gasteiger partial charge in [0.25, 0.3) is 0 Å². The lowest BCUT2D eigenvalue weighted by Gasteiger charge is -2.44. The Labute approximate surface area is 413 Å². The van der Waals surface area contributed by atoms with Crippen molar-refractivity contribution in [1.82, 2.24) is 30.1 Å². The fourth-order valence-electron chi connectivity index (χ4n) is 10.5. The molecule has 0 saturated carbocycles. The van der Waals surface area contributed by atoms with Gasteiger partial charge in [0.1, 0.15) is 35.9 Å². The molecule has 0 aliphatic carbocycles. The zero-order valence-corrected chi connectivity index (χ0v) is 42.4. The van der Waals surface area contributed by atoms with Crippen LogP contribution in [-0.4, -0.2) is 121 Å². The molecule has 4 aliphatic heterocycles. The number of fused-ring (bicyclic) bond motifs is 1. The van der Waals surface area contributed by atoms with E-state index in [1.165, 1.54) is 18.2 Å². The minimum absolute atomic E-state index is 0.0202. The maximum absolute atomic E-state index is 15.5. The molecule has 9 rings (SSSR count). The first kappa shape index (κ1) is 49.2. The number of rotatable bonds is 12. The number of carbonyl (C=O) groups is 3. The highest BCUT2D eigenvalue weighted by Crippen LogP contribution is 2.43. The number of aromatic nitrogens is 3. The standard InChI is InChI=1S/C50H57BrF3N10O5P/c1-6-29-21-39(58-50-55-26-35(51)47(60-50)57-40-24-38(54)45-34(8-7-28(2)56-45)46(40)70(4,5)68)42(69-3)25-41(29)62-15-12-31(13-16-62)61-17-19-63(20-18-61)49(67)30-11-14-64(27-30)32-22-36(52)44(37(53)23-32)33-9-10-43(65)59-48(33)66/h7-8,21-26,30-31,33H,6,9-20,27H2,1-5H3,(H,59,65,66)(H2,55,57,58,60). The molecule has 3 aromatic carbocycles. The summed E-state index contributed by atoms with van der Waals surface area (Å²) in [6.45, 7) is 12.5. The first-order valence-electron chi connectivity index (χ1n) is 23.8. The number of aryl methyl sites for hydroxylation is 2. The second kappa shape index (κ2) is 20.1. The van der Waals surface area contributed by atoms with Crippen molar-refractivity contribution in [2.45, 2.75) is 64.3 Å². The number of hydrogen-bond acceptors (Lipinski definition) is 13. The number of imide groups is 1. The molecule has 3 N–H and O–H groups in total. The van der Waals surface area contributed by atoms with Crippen molar-refractivity contribution in [1.29, 1.82) is 0 Å². The van der Waals surface area contributed by atoms with E-state index in [9.17, 15) is 18.9 Å². The van der Waals surface area contributed by atoms with Gasteiger partial charge in [-0.25, -0.2) is 18.2 Å². The zero-order valence-electron chi connectivity index (χ0n) is 39.9. The van der Waals surface area contributed by atoms with Gasteiger partial charge in [0.05, 0.1) is 34.8 Å². The molecule has 3 amide bonds. The van der Waals surface area contributed by atoms with E-state index in [1.54, 1.807) is 45.7 Å². The lowest BCUT2D eigenvalue weighted by molar-refractivity contribution is -0.137. The summed E-state index contributed by atoms with van der Waals surface area (Å²) in [7, 11) is -1.31. The molecule has 0 spiro atoms. The monoisotopic (exact) mass is 1040 g/mol. The molecule has 4 saturated heterocycles. The molecule has 15 nitrogen and oxygen atoms in total. The summed E-state index contributed by atoms with van der Waals surface area (Å²) < 4.78 is 66.2. The maximum atomic E-state index is 15.5. The third-order valence-corrected chi connectivity index (χ3v) is 16.2. The number of anilines is 6. The number of methoxy groups -OCH3 is 1. The van der Waals surface area contributed by atoms with Crippen molar-refractivity contribution in [3.8, 4) is 5.75 Å². The molecular formula is C50H57BrF3N10O5P. The topological polar surface area (TPSA) is 165 Å². The fourth-order valence-corrected chi connectivity index (χ4v) is 12.3. The van der Waals surface area contributed by atoms with Crippen molar-refractivity contribution in [2.24, 2.45) is 5.92 Å². The van der Waals surface area contributed by atoms with Crippen molar-refractivity contribution in [2.75, 3.05) is 93.2 Å².